The molecule has 2 aromatic rings. The van der Waals surface area contributed by atoms with Crippen molar-refractivity contribution in [3.8, 4) is 0 Å². The lowest BCUT2D eigenvalue weighted by Crippen LogP contribution is -2.33. The molecular formula is C20H17NO4S. The van der Waals surface area contributed by atoms with Crippen LogP contribution in [0.1, 0.15) is 26.3 Å². The predicted molar refractivity (Wildman–Crippen MR) is 100 cm³/mol. The fourth-order valence-electron chi connectivity index (χ4n) is 2.61. The molecule has 0 atom stereocenters. The number of esters is 1. The fraction of sp³-hybridized carbons (Fsp3) is 0.150. The van der Waals surface area contributed by atoms with Crippen molar-refractivity contribution in [2.75, 3.05) is 19.4 Å². The number of ether oxygens (including phenoxy) is 1. The average Bonchev–Trinajstić information content (AvgIpc) is 2.92. The van der Waals surface area contributed by atoms with Crippen molar-refractivity contribution in [2.45, 2.75) is 4.90 Å². The number of amides is 2. The van der Waals surface area contributed by atoms with Crippen molar-refractivity contribution in [3.05, 3.63) is 71.3 Å². The Morgan fingerprint density at radius 3 is 2.23 bits per heavy atom. The average molecular weight is 367 g/mol. The first-order chi connectivity index (χ1) is 12.6. The van der Waals surface area contributed by atoms with Gasteiger partial charge in [0.15, 0.2) is 0 Å². The van der Waals surface area contributed by atoms with Gasteiger partial charge in [0.1, 0.15) is 6.61 Å². The van der Waals surface area contributed by atoms with Crippen molar-refractivity contribution in [2.24, 2.45) is 0 Å². The molecule has 2 amide bonds. The highest BCUT2D eigenvalue weighted by Crippen LogP contribution is 2.22. The molecular weight excluding hydrogens is 350 g/mol. The van der Waals surface area contributed by atoms with Crippen molar-refractivity contribution >= 4 is 35.6 Å². The molecule has 0 radical (unpaired) electrons. The van der Waals surface area contributed by atoms with Crippen LogP contribution in [0.4, 0.5) is 0 Å². The van der Waals surface area contributed by atoms with E-state index in [4.69, 9.17) is 4.74 Å². The zero-order valence-corrected chi connectivity index (χ0v) is 15.0. The van der Waals surface area contributed by atoms with Gasteiger partial charge < -0.3 is 4.74 Å². The Hall–Kier alpha value is -2.86. The summed E-state index contributed by atoms with van der Waals surface area (Å²) in [4.78, 5) is 38.4. The topological polar surface area (TPSA) is 63.7 Å². The summed E-state index contributed by atoms with van der Waals surface area (Å²) in [6.45, 7) is -0.00555. The maximum atomic E-state index is 12.2. The highest BCUT2D eigenvalue weighted by molar-refractivity contribution is 7.98. The van der Waals surface area contributed by atoms with E-state index in [1.807, 2.05) is 30.5 Å². The van der Waals surface area contributed by atoms with Crippen LogP contribution < -0.4 is 0 Å². The molecule has 26 heavy (non-hydrogen) atoms. The normalized spacial score (nSPS) is 13.3. The molecule has 0 N–H and O–H groups in total. The van der Waals surface area contributed by atoms with E-state index in [2.05, 4.69) is 0 Å². The van der Waals surface area contributed by atoms with Crippen LogP contribution in [0.15, 0.2) is 59.5 Å². The van der Waals surface area contributed by atoms with E-state index in [0.29, 0.717) is 11.1 Å². The second kappa shape index (κ2) is 8.01. The summed E-state index contributed by atoms with van der Waals surface area (Å²) in [5.74, 6) is -1.23. The van der Waals surface area contributed by atoms with Crippen molar-refractivity contribution in [3.63, 3.8) is 0 Å². The molecule has 0 unspecified atom stereocenters. The lowest BCUT2D eigenvalue weighted by atomic mass is 10.1. The maximum Gasteiger partial charge on any atom is 0.330 e. The van der Waals surface area contributed by atoms with Crippen LogP contribution >= 0.6 is 11.8 Å². The number of hydrogen-bond acceptors (Lipinski definition) is 5. The van der Waals surface area contributed by atoms with E-state index in [0.717, 1.165) is 15.4 Å². The molecule has 0 aliphatic carbocycles. The third-order valence-electron chi connectivity index (χ3n) is 3.97. The minimum absolute atomic E-state index is 0.0361. The van der Waals surface area contributed by atoms with Gasteiger partial charge in [-0.05, 0) is 42.2 Å². The summed E-state index contributed by atoms with van der Waals surface area (Å²) in [6, 6.07) is 14.4. The molecule has 2 aromatic carbocycles. The van der Waals surface area contributed by atoms with E-state index in [1.165, 1.54) is 6.08 Å². The Bertz CT molecular complexity index is 839. The fourth-order valence-corrected chi connectivity index (χ4v) is 3.02. The second-order valence-corrected chi connectivity index (χ2v) is 6.46. The minimum atomic E-state index is -0.518. The van der Waals surface area contributed by atoms with Gasteiger partial charge in [-0.3, -0.25) is 14.5 Å². The minimum Gasteiger partial charge on any atom is -0.461 e. The maximum absolute atomic E-state index is 12.2. The number of carbonyl (C=O) groups excluding carboxylic acids is 3. The van der Waals surface area contributed by atoms with E-state index in [1.54, 1.807) is 42.1 Å². The van der Waals surface area contributed by atoms with Gasteiger partial charge >= 0.3 is 5.97 Å². The van der Waals surface area contributed by atoms with Crippen LogP contribution in [0.25, 0.3) is 6.08 Å². The van der Waals surface area contributed by atoms with E-state index < -0.39 is 5.97 Å². The first kappa shape index (κ1) is 17.9. The Balaban J connectivity index is 1.50. The number of rotatable bonds is 6. The molecule has 0 saturated heterocycles. The van der Waals surface area contributed by atoms with E-state index in [9.17, 15) is 14.4 Å². The van der Waals surface area contributed by atoms with Crippen LogP contribution in [0.3, 0.4) is 0 Å². The van der Waals surface area contributed by atoms with Crippen LogP contribution in [-0.2, 0) is 9.53 Å². The quantitative estimate of drug-likeness (QED) is 0.339. The first-order valence-electron chi connectivity index (χ1n) is 8.04. The van der Waals surface area contributed by atoms with Crippen LogP contribution in [-0.4, -0.2) is 42.1 Å². The monoisotopic (exact) mass is 367 g/mol. The molecule has 0 bridgehead atoms. The van der Waals surface area contributed by atoms with Gasteiger partial charge in [-0.15, -0.1) is 11.8 Å². The number of benzene rings is 2. The molecule has 1 heterocycles. The van der Waals surface area contributed by atoms with Crippen LogP contribution in [0, 0.1) is 0 Å². The van der Waals surface area contributed by atoms with Crippen molar-refractivity contribution in [1.82, 2.24) is 4.90 Å². The lowest BCUT2D eigenvalue weighted by Gasteiger charge is -2.13. The summed E-state index contributed by atoms with van der Waals surface area (Å²) < 4.78 is 5.09. The Morgan fingerprint density at radius 2 is 1.65 bits per heavy atom. The van der Waals surface area contributed by atoms with Gasteiger partial charge in [0.05, 0.1) is 17.7 Å². The first-order valence-corrected chi connectivity index (χ1v) is 9.27. The highest BCUT2D eigenvalue weighted by Gasteiger charge is 2.34. The Labute approximate surface area is 155 Å². The van der Waals surface area contributed by atoms with Crippen LogP contribution in [0.2, 0.25) is 0 Å². The van der Waals surface area contributed by atoms with Gasteiger partial charge in [0.2, 0.25) is 0 Å². The standard InChI is InChI=1S/C20H17NO4S/c1-26-15-9-6-14(7-10-15)8-11-18(22)25-13-12-21-19(23)16-4-2-3-5-17(16)20(21)24/h2-11H,12-13H2,1H3/b11-8+. The molecule has 0 aromatic heterocycles. The van der Waals surface area contributed by atoms with Crippen LogP contribution in [0.5, 0.6) is 0 Å². The molecule has 132 valence electrons. The summed E-state index contributed by atoms with van der Waals surface area (Å²) in [7, 11) is 0. The third kappa shape index (κ3) is 3.86. The number of imide groups is 1. The molecule has 3 rings (SSSR count). The van der Waals surface area contributed by atoms with Gasteiger partial charge in [-0.25, -0.2) is 4.79 Å². The number of fused-ring (bicyclic) bond motifs is 1. The van der Waals surface area contributed by atoms with E-state index >= 15 is 0 Å². The summed E-state index contributed by atoms with van der Waals surface area (Å²) in [5.41, 5.74) is 1.66. The molecule has 1 aliphatic rings. The molecule has 6 heteroatoms. The van der Waals surface area contributed by atoms with Gasteiger partial charge in [-0.1, -0.05) is 24.3 Å². The number of nitrogens with zero attached hydrogens (tertiary/aromatic N) is 1. The Kier molecular flexibility index (Phi) is 5.53. The van der Waals surface area contributed by atoms with Crippen molar-refractivity contribution in [1.29, 1.82) is 0 Å². The third-order valence-corrected chi connectivity index (χ3v) is 4.71. The Morgan fingerprint density at radius 1 is 1.04 bits per heavy atom. The molecule has 0 saturated carbocycles. The zero-order valence-electron chi connectivity index (χ0n) is 14.2. The number of carbonyl (C=O) groups is 3. The molecule has 0 fully saturated rings. The second-order valence-electron chi connectivity index (χ2n) is 5.58. The van der Waals surface area contributed by atoms with Crippen molar-refractivity contribution < 1.29 is 19.1 Å². The summed E-state index contributed by atoms with van der Waals surface area (Å²) in [5, 5.41) is 0. The van der Waals surface area contributed by atoms with Gasteiger partial charge in [-0.2, -0.15) is 0 Å². The molecule has 1 aliphatic heterocycles. The smallest absolute Gasteiger partial charge is 0.330 e. The largest absolute Gasteiger partial charge is 0.461 e. The zero-order chi connectivity index (χ0) is 18.5. The van der Waals surface area contributed by atoms with Gasteiger partial charge in [0.25, 0.3) is 11.8 Å². The molecule has 0 spiro atoms. The number of hydrogen-bond donors (Lipinski definition) is 0. The van der Waals surface area contributed by atoms with Gasteiger partial charge in [0, 0.05) is 11.0 Å². The SMILES string of the molecule is CSc1ccc(/C=C/C(=O)OCCN2C(=O)c3ccccc3C2=O)cc1. The lowest BCUT2D eigenvalue weighted by molar-refractivity contribution is -0.137. The predicted octanol–water partition coefficient (Wildman–Crippen LogP) is 3.26. The van der Waals surface area contributed by atoms with E-state index in [-0.39, 0.29) is 25.0 Å². The summed E-state index contributed by atoms with van der Waals surface area (Å²) in [6.07, 6.45) is 4.99. The molecule has 5 nitrogen and oxygen atoms in total. The highest BCUT2D eigenvalue weighted by atomic mass is 32.2. The summed E-state index contributed by atoms with van der Waals surface area (Å²) >= 11 is 1.65. The number of thioether (sulfide) groups is 1.